The predicted octanol–water partition coefficient (Wildman–Crippen LogP) is 8.01. The number of carbonyl (C=O) groups is 1. The molecular weight excluding hydrogens is 498 g/mol. The molecule has 1 amide bonds. The Morgan fingerprint density at radius 3 is 2.54 bits per heavy atom. The molecule has 0 fully saturated rings. The first-order chi connectivity index (χ1) is 17.7. The number of unbranched alkanes of at least 4 members (excludes halogenated alkanes) is 2. The number of para-hydroxylation sites is 1. The molecule has 0 unspecified atom stereocenters. The second-order valence-electron chi connectivity index (χ2n) is 10.9. The van der Waals surface area contributed by atoms with Crippen LogP contribution in [0.5, 0.6) is 5.75 Å². The van der Waals surface area contributed by atoms with Gasteiger partial charge in [-0.15, -0.1) is 22.7 Å². The maximum Gasteiger partial charge on any atom is 0.256 e. The Morgan fingerprint density at radius 2 is 1.81 bits per heavy atom. The first-order valence-corrected chi connectivity index (χ1v) is 14.7. The number of thiazole rings is 1. The molecule has 0 radical (unpaired) electrons. The lowest BCUT2D eigenvalue weighted by Gasteiger charge is -2.42. The van der Waals surface area contributed by atoms with Gasteiger partial charge in [0.1, 0.15) is 15.8 Å². The quantitative estimate of drug-likeness (QED) is 0.225. The number of carbonyl (C=O) groups excluding carboxylic acids is 1. The zero-order valence-corrected chi connectivity index (χ0v) is 23.9. The number of benzene rings is 2. The first kappa shape index (κ1) is 25.9. The number of thiophene rings is 1. The number of aromatic nitrogens is 1. The molecular formula is C30H35N3O2S2. The molecule has 1 aliphatic rings. The van der Waals surface area contributed by atoms with Gasteiger partial charge in [-0.3, -0.25) is 4.79 Å². The molecule has 37 heavy (non-hydrogen) atoms. The molecule has 0 bridgehead atoms. The molecule has 0 saturated heterocycles. The van der Waals surface area contributed by atoms with Crippen LogP contribution in [0.25, 0.3) is 20.8 Å². The molecule has 5 rings (SSSR count). The van der Waals surface area contributed by atoms with E-state index in [1.54, 1.807) is 22.7 Å². The molecule has 194 valence electrons. The molecule has 2 N–H and O–H groups in total. The van der Waals surface area contributed by atoms with Gasteiger partial charge in [0.15, 0.2) is 0 Å². The van der Waals surface area contributed by atoms with Gasteiger partial charge in [0.25, 0.3) is 5.91 Å². The van der Waals surface area contributed by atoms with Crippen molar-refractivity contribution in [3.8, 4) is 16.3 Å². The number of hydrogen-bond donors (Lipinski definition) is 2. The van der Waals surface area contributed by atoms with Crippen LogP contribution in [0.3, 0.4) is 0 Å². The van der Waals surface area contributed by atoms with Crippen molar-refractivity contribution in [3.63, 3.8) is 0 Å². The van der Waals surface area contributed by atoms with Gasteiger partial charge < -0.3 is 15.4 Å². The van der Waals surface area contributed by atoms with E-state index >= 15 is 0 Å². The van der Waals surface area contributed by atoms with E-state index in [0.717, 1.165) is 50.8 Å². The summed E-state index contributed by atoms with van der Waals surface area (Å²) in [6.45, 7) is 11.8. The Morgan fingerprint density at radius 1 is 1.05 bits per heavy atom. The van der Waals surface area contributed by atoms with E-state index in [9.17, 15) is 4.79 Å². The Balaban J connectivity index is 1.48. The maximum absolute atomic E-state index is 13.4. The van der Waals surface area contributed by atoms with Crippen LogP contribution in [-0.4, -0.2) is 23.0 Å². The summed E-state index contributed by atoms with van der Waals surface area (Å²) in [5.74, 6) is 0.674. The normalized spacial score (nSPS) is 15.9. The Hall–Kier alpha value is -2.74. The zero-order chi connectivity index (χ0) is 26.2. The smallest absolute Gasteiger partial charge is 0.256 e. The average Bonchev–Trinajstić information content (AvgIpc) is 3.42. The fourth-order valence-corrected chi connectivity index (χ4v) is 7.62. The van der Waals surface area contributed by atoms with E-state index in [1.165, 1.54) is 16.9 Å². The summed E-state index contributed by atoms with van der Waals surface area (Å²) in [4.78, 5) is 19.7. The predicted molar refractivity (Wildman–Crippen MR) is 156 cm³/mol. The van der Waals surface area contributed by atoms with Crippen LogP contribution >= 0.6 is 22.7 Å². The van der Waals surface area contributed by atoms with Crippen molar-refractivity contribution < 1.29 is 9.53 Å². The zero-order valence-electron chi connectivity index (χ0n) is 22.2. The van der Waals surface area contributed by atoms with E-state index in [1.807, 2.05) is 42.5 Å². The van der Waals surface area contributed by atoms with Crippen molar-refractivity contribution in [2.75, 3.05) is 11.9 Å². The van der Waals surface area contributed by atoms with Crippen LogP contribution in [0.15, 0.2) is 48.5 Å². The number of anilines is 1. The maximum atomic E-state index is 13.4. The van der Waals surface area contributed by atoms with E-state index < -0.39 is 0 Å². The third kappa shape index (κ3) is 5.44. The van der Waals surface area contributed by atoms with E-state index in [4.69, 9.17) is 9.72 Å². The number of amides is 1. The standard InChI is InChI=1S/C30H35N3O2S2/c1-6-7-10-17-35-20-15-13-19(14-16-20)26(34)32-28-24(27-31-22-11-8-9-12-23(22)36-27)21-18-29(2,3)33-30(4,5)25(21)37-28/h8-9,11-16,33H,6-7,10,17-18H2,1-5H3,(H,32,34). The van der Waals surface area contributed by atoms with Gasteiger partial charge in [0.2, 0.25) is 0 Å². The minimum atomic E-state index is -0.215. The molecule has 5 nitrogen and oxygen atoms in total. The van der Waals surface area contributed by atoms with Crippen molar-refractivity contribution >= 4 is 43.8 Å². The third-order valence-electron chi connectivity index (χ3n) is 6.71. The largest absolute Gasteiger partial charge is 0.494 e. The van der Waals surface area contributed by atoms with Crippen LogP contribution in [0.4, 0.5) is 5.00 Å². The van der Waals surface area contributed by atoms with Crippen molar-refractivity contribution in [2.24, 2.45) is 0 Å². The minimum absolute atomic E-state index is 0.0722. The summed E-state index contributed by atoms with van der Waals surface area (Å²) in [7, 11) is 0. The molecule has 2 aromatic carbocycles. The Kier molecular flexibility index (Phi) is 7.14. The van der Waals surface area contributed by atoms with Crippen molar-refractivity contribution in [2.45, 2.75) is 71.4 Å². The fraction of sp³-hybridized carbons (Fsp3) is 0.400. The van der Waals surface area contributed by atoms with E-state index in [-0.39, 0.29) is 17.0 Å². The highest BCUT2D eigenvalue weighted by Gasteiger charge is 2.41. The number of fused-ring (bicyclic) bond motifs is 2. The topological polar surface area (TPSA) is 63.2 Å². The number of rotatable bonds is 8. The summed E-state index contributed by atoms with van der Waals surface area (Å²) in [6.07, 6.45) is 4.23. The van der Waals surface area contributed by atoms with Crippen molar-refractivity contribution in [1.29, 1.82) is 0 Å². The Bertz CT molecular complexity index is 1380. The van der Waals surface area contributed by atoms with Gasteiger partial charge in [-0.25, -0.2) is 4.98 Å². The molecule has 0 atom stereocenters. The van der Waals surface area contributed by atoms with E-state index in [0.29, 0.717) is 12.2 Å². The SMILES string of the molecule is CCCCCOc1ccc(C(=O)Nc2sc3c(c2-c2nc4ccccc4s2)CC(C)(C)NC3(C)C)cc1. The minimum Gasteiger partial charge on any atom is -0.494 e. The van der Waals surface area contributed by atoms with Gasteiger partial charge in [-0.1, -0.05) is 31.9 Å². The lowest BCUT2D eigenvalue weighted by atomic mass is 9.81. The summed E-state index contributed by atoms with van der Waals surface area (Å²) in [6, 6.07) is 15.7. The molecule has 3 heterocycles. The van der Waals surface area contributed by atoms with Gasteiger partial charge in [0.05, 0.1) is 16.8 Å². The molecule has 2 aromatic heterocycles. The summed E-state index contributed by atoms with van der Waals surface area (Å²) in [5, 5.41) is 8.86. The first-order valence-electron chi connectivity index (χ1n) is 13.0. The number of nitrogens with one attached hydrogen (secondary N) is 2. The van der Waals surface area contributed by atoms with E-state index in [2.05, 4.69) is 51.3 Å². The van der Waals surface area contributed by atoms with Gasteiger partial charge in [-0.05, 0) is 82.5 Å². The van der Waals surface area contributed by atoms with Gasteiger partial charge >= 0.3 is 0 Å². The summed E-state index contributed by atoms with van der Waals surface area (Å²) >= 11 is 3.35. The van der Waals surface area contributed by atoms with Crippen LogP contribution in [0.1, 0.15) is 74.7 Å². The lowest BCUT2D eigenvalue weighted by Crippen LogP contribution is -2.54. The van der Waals surface area contributed by atoms with Crippen molar-refractivity contribution in [1.82, 2.24) is 10.3 Å². The highest BCUT2D eigenvalue weighted by atomic mass is 32.1. The molecule has 7 heteroatoms. The molecule has 0 aliphatic carbocycles. The van der Waals surface area contributed by atoms with Gasteiger partial charge in [0, 0.05) is 27.1 Å². The van der Waals surface area contributed by atoms with Gasteiger partial charge in [-0.2, -0.15) is 0 Å². The summed E-state index contributed by atoms with van der Waals surface area (Å²) in [5.41, 5.74) is 3.66. The van der Waals surface area contributed by atoms with Crippen molar-refractivity contribution in [3.05, 3.63) is 64.5 Å². The highest BCUT2D eigenvalue weighted by Crippen LogP contribution is 2.50. The summed E-state index contributed by atoms with van der Waals surface area (Å²) < 4.78 is 6.97. The lowest BCUT2D eigenvalue weighted by molar-refractivity contribution is 0.102. The highest BCUT2D eigenvalue weighted by molar-refractivity contribution is 7.23. The van der Waals surface area contributed by atoms with Crippen LogP contribution < -0.4 is 15.4 Å². The number of ether oxygens (including phenoxy) is 1. The molecule has 4 aromatic rings. The Labute approximate surface area is 227 Å². The monoisotopic (exact) mass is 533 g/mol. The number of nitrogens with zero attached hydrogens (tertiary/aromatic N) is 1. The second kappa shape index (κ2) is 10.2. The third-order valence-corrected chi connectivity index (χ3v) is 9.24. The fourth-order valence-electron chi connectivity index (χ4n) is 5.24. The molecule has 0 saturated carbocycles. The number of hydrogen-bond acceptors (Lipinski definition) is 6. The van der Waals surface area contributed by atoms with Crippen LogP contribution in [0, 0.1) is 0 Å². The molecule has 0 spiro atoms. The van der Waals surface area contributed by atoms with Crippen LogP contribution in [-0.2, 0) is 12.0 Å². The van der Waals surface area contributed by atoms with Crippen LogP contribution in [0.2, 0.25) is 0 Å². The second-order valence-corrected chi connectivity index (χ2v) is 13.0. The average molecular weight is 534 g/mol. The molecule has 1 aliphatic heterocycles.